The molecule has 1 heterocycles. The third-order valence-corrected chi connectivity index (χ3v) is 4.42. The molecule has 1 aliphatic rings. The lowest BCUT2D eigenvalue weighted by molar-refractivity contribution is -0.122. The molecule has 5 nitrogen and oxygen atoms in total. The van der Waals surface area contributed by atoms with Crippen LogP contribution in [0.1, 0.15) is 30.6 Å². The third-order valence-electron chi connectivity index (χ3n) is 3.14. The van der Waals surface area contributed by atoms with Crippen LogP contribution < -0.4 is 11.1 Å². The molecule has 0 bridgehead atoms. The lowest BCUT2D eigenvalue weighted by atomic mass is 9.86. The molecular formula is C11H13ClN4OS. The van der Waals surface area contributed by atoms with E-state index in [9.17, 15) is 4.79 Å². The standard InChI is InChI=1S/C11H13ClN4OS/c12-9-8(5-13)18-11(16-9)15-7-3-1-6(2-4-7)10(14)17/h6-7H,1-4H2,(H2,14,17)(H,15,16). The van der Waals surface area contributed by atoms with Crippen LogP contribution in [0.15, 0.2) is 0 Å². The van der Waals surface area contributed by atoms with Crippen LogP contribution >= 0.6 is 22.9 Å². The highest BCUT2D eigenvalue weighted by Gasteiger charge is 2.25. The number of nitrogens with zero attached hydrogens (tertiary/aromatic N) is 2. The minimum absolute atomic E-state index is 0.00222. The van der Waals surface area contributed by atoms with E-state index >= 15 is 0 Å². The second-order valence-corrected chi connectivity index (χ2v) is 5.70. The zero-order valence-corrected chi connectivity index (χ0v) is 11.2. The molecule has 96 valence electrons. The smallest absolute Gasteiger partial charge is 0.220 e. The number of hydrogen-bond acceptors (Lipinski definition) is 5. The lowest BCUT2D eigenvalue weighted by Gasteiger charge is -2.27. The van der Waals surface area contributed by atoms with Crippen molar-refractivity contribution < 1.29 is 4.79 Å². The van der Waals surface area contributed by atoms with Crippen molar-refractivity contribution in [2.45, 2.75) is 31.7 Å². The topological polar surface area (TPSA) is 91.8 Å². The Labute approximate surface area is 114 Å². The van der Waals surface area contributed by atoms with E-state index in [1.54, 1.807) is 0 Å². The van der Waals surface area contributed by atoms with E-state index in [2.05, 4.69) is 10.3 Å². The average Bonchev–Trinajstić information content (AvgIpc) is 2.70. The number of rotatable bonds is 3. The molecule has 0 radical (unpaired) electrons. The molecule has 1 fully saturated rings. The summed E-state index contributed by atoms with van der Waals surface area (Å²) in [6.45, 7) is 0. The van der Waals surface area contributed by atoms with E-state index in [1.807, 2.05) is 6.07 Å². The highest BCUT2D eigenvalue weighted by Crippen LogP contribution is 2.30. The van der Waals surface area contributed by atoms with Crippen molar-refractivity contribution in [1.29, 1.82) is 5.26 Å². The number of nitriles is 1. The zero-order chi connectivity index (χ0) is 13.1. The molecule has 0 spiro atoms. The zero-order valence-electron chi connectivity index (χ0n) is 9.65. The molecule has 1 saturated carbocycles. The van der Waals surface area contributed by atoms with Crippen LogP contribution in [0, 0.1) is 17.2 Å². The largest absolute Gasteiger partial charge is 0.369 e. The number of carbonyl (C=O) groups excluding carboxylic acids is 1. The van der Waals surface area contributed by atoms with Gasteiger partial charge in [-0.15, -0.1) is 0 Å². The summed E-state index contributed by atoms with van der Waals surface area (Å²) >= 11 is 7.06. The summed E-state index contributed by atoms with van der Waals surface area (Å²) in [5.74, 6) is -0.213. The van der Waals surface area contributed by atoms with E-state index in [0.717, 1.165) is 25.7 Å². The van der Waals surface area contributed by atoms with Gasteiger partial charge >= 0.3 is 0 Å². The minimum atomic E-state index is -0.211. The molecule has 18 heavy (non-hydrogen) atoms. The Hall–Kier alpha value is -1.32. The van der Waals surface area contributed by atoms with Gasteiger partial charge in [-0.25, -0.2) is 4.98 Å². The van der Waals surface area contributed by atoms with Gasteiger partial charge in [0.15, 0.2) is 10.3 Å². The predicted molar refractivity (Wildman–Crippen MR) is 70.4 cm³/mol. The van der Waals surface area contributed by atoms with Crippen LogP contribution in [0.5, 0.6) is 0 Å². The molecule has 0 saturated heterocycles. The van der Waals surface area contributed by atoms with Gasteiger partial charge in [-0.05, 0) is 25.7 Å². The van der Waals surface area contributed by atoms with Crippen LogP contribution in [0.3, 0.4) is 0 Å². The molecule has 7 heteroatoms. The van der Waals surface area contributed by atoms with E-state index < -0.39 is 0 Å². The number of nitrogens with one attached hydrogen (secondary N) is 1. The third kappa shape index (κ3) is 2.92. The van der Waals surface area contributed by atoms with Gasteiger partial charge in [-0.3, -0.25) is 4.79 Å². The molecular weight excluding hydrogens is 272 g/mol. The Kier molecular flexibility index (Phi) is 4.04. The van der Waals surface area contributed by atoms with E-state index in [-0.39, 0.29) is 23.0 Å². The van der Waals surface area contributed by atoms with Crippen molar-refractivity contribution in [3.8, 4) is 6.07 Å². The summed E-state index contributed by atoms with van der Waals surface area (Å²) in [4.78, 5) is 15.6. The number of thiazole rings is 1. The number of anilines is 1. The second-order valence-electron chi connectivity index (χ2n) is 4.35. The fraction of sp³-hybridized carbons (Fsp3) is 0.545. The van der Waals surface area contributed by atoms with Crippen molar-refractivity contribution in [3.63, 3.8) is 0 Å². The number of aromatic nitrogens is 1. The van der Waals surface area contributed by atoms with Gasteiger partial charge in [0.25, 0.3) is 0 Å². The number of primary amides is 1. The Morgan fingerprint density at radius 1 is 1.50 bits per heavy atom. The summed E-state index contributed by atoms with van der Waals surface area (Å²) in [6.07, 6.45) is 3.37. The van der Waals surface area contributed by atoms with Gasteiger partial charge in [-0.2, -0.15) is 5.26 Å². The van der Waals surface area contributed by atoms with Gasteiger partial charge in [0.05, 0.1) is 0 Å². The van der Waals surface area contributed by atoms with Crippen LogP contribution in [-0.4, -0.2) is 16.9 Å². The monoisotopic (exact) mass is 284 g/mol. The lowest BCUT2D eigenvalue weighted by Crippen LogP contribution is -2.32. The Morgan fingerprint density at radius 3 is 2.67 bits per heavy atom. The molecule has 0 unspecified atom stereocenters. The molecule has 1 amide bonds. The van der Waals surface area contributed by atoms with E-state index in [0.29, 0.717) is 10.0 Å². The Balaban J connectivity index is 1.91. The summed E-state index contributed by atoms with van der Waals surface area (Å²) < 4.78 is 0. The van der Waals surface area contributed by atoms with Gasteiger partial charge in [0.1, 0.15) is 10.9 Å². The maximum atomic E-state index is 11.0. The number of halogens is 1. The molecule has 0 aliphatic heterocycles. The number of hydrogen-bond donors (Lipinski definition) is 2. The average molecular weight is 285 g/mol. The summed E-state index contributed by atoms with van der Waals surface area (Å²) in [5.41, 5.74) is 5.28. The van der Waals surface area contributed by atoms with Gasteiger partial charge in [0, 0.05) is 12.0 Å². The molecule has 1 aliphatic carbocycles. The number of nitrogens with two attached hydrogens (primary N) is 1. The van der Waals surface area contributed by atoms with Gasteiger partial charge in [-0.1, -0.05) is 22.9 Å². The first-order chi connectivity index (χ1) is 8.60. The molecule has 0 aromatic carbocycles. The maximum absolute atomic E-state index is 11.0. The molecule has 1 aromatic heterocycles. The normalized spacial score (nSPS) is 23.3. The van der Waals surface area contributed by atoms with Gasteiger partial charge < -0.3 is 11.1 Å². The summed E-state index contributed by atoms with van der Waals surface area (Å²) in [7, 11) is 0. The Bertz CT molecular complexity index is 488. The Morgan fingerprint density at radius 2 is 2.17 bits per heavy atom. The SMILES string of the molecule is N#Cc1sc(NC2CCC(C(N)=O)CC2)nc1Cl. The van der Waals surface area contributed by atoms with Crippen molar-refractivity contribution in [2.75, 3.05) is 5.32 Å². The summed E-state index contributed by atoms with van der Waals surface area (Å²) in [5, 5.41) is 13.0. The van der Waals surface area contributed by atoms with Gasteiger partial charge in [0.2, 0.25) is 5.91 Å². The van der Waals surface area contributed by atoms with Crippen LogP contribution in [0.2, 0.25) is 5.15 Å². The molecule has 3 N–H and O–H groups in total. The highest BCUT2D eigenvalue weighted by molar-refractivity contribution is 7.16. The van der Waals surface area contributed by atoms with Crippen molar-refractivity contribution in [3.05, 3.63) is 10.0 Å². The van der Waals surface area contributed by atoms with E-state index in [4.69, 9.17) is 22.6 Å². The second kappa shape index (κ2) is 5.55. The molecule has 2 rings (SSSR count). The number of carbonyl (C=O) groups is 1. The van der Waals surface area contributed by atoms with Crippen molar-refractivity contribution in [2.24, 2.45) is 11.7 Å². The van der Waals surface area contributed by atoms with Crippen LogP contribution in [0.25, 0.3) is 0 Å². The first-order valence-electron chi connectivity index (χ1n) is 5.72. The first kappa shape index (κ1) is 13.1. The molecule has 1 aromatic rings. The molecule has 0 atom stereocenters. The highest BCUT2D eigenvalue weighted by atomic mass is 35.5. The van der Waals surface area contributed by atoms with Crippen molar-refractivity contribution in [1.82, 2.24) is 4.98 Å². The van der Waals surface area contributed by atoms with Crippen LogP contribution in [0.4, 0.5) is 5.13 Å². The first-order valence-corrected chi connectivity index (χ1v) is 6.92. The minimum Gasteiger partial charge on any atom is -0.369 e. The summed E-state index contributed by atoms with van der Waals surface area (Å²) in [6, 6.07) is 2.27. The van der Waals surface area contributed by atoms with Crippen molar-refractivity contribution >= 4 is 34.0 Å². The van der Waals surface area contributed by atoms with Crippen LogP contribution in [-0.2, 0) is 4.79 Å². The predicted octanol–water partition coefficient (Wildman–Crippen LogP) is 2.12. The fourth-order valence-corrected chi connectivity index (χ4v) is 3.15. The fourth-order valence-electron chi connectivity index (χ4n) is 2.13. The van der Waals surface area contributed by atoms with E-state index in [1.165, 1.54) is 11.3 Å². The quantitative estimate of drug-likeness (QED) is 0.889. The maximum Gasteiger partial charge on any atom is 0.220 e. The number of amides is 1.